The van der Waals surface area contributed by atoms with Gasteiger partial charge in [0, 0.05) is 0 Å². The van der Waals surface area contributed by atoms with E-state index in [9.17, 15) is 8.78 Å². The van der Waals surface area contributed by atoms with Gasteiger partial charge < -0.3 is 10.6 Å². The number of rotatable bonds is 4. The highest BCUT2D eigenvalue weighted by molar-refractivity contribution is 7.80. The maximum atomic E-state index is 13.6. The fraction of sp³-hybridized carbons (Fsp3) is 0.188. The van der Waals surface area contributed by atoms with E-state index >= 15 is 0 Å². The predicted octanol–water partition coefficient (Wildman–Crippen LogP) is 4.40. The summed E-state index contributed by atoms with van der Waals surface area (Å²) in [6.45, 7) is 2.01. The summed E-state index contributed by atoms with van der Waals surface area (Å²) in [5.74, 6) is -1.35. The third-order valence-corrected chi connectivity index (χ3v) is 3.34. The molecule has 0 amide bonds. The Kier molecular flexibility index (Phi) is 5.22. The first-order valence-corrected chi connectivity index (χ1v) is 7.09. The van der Waals surface area contributed by atoms with Crippen molar-refractivity contribution in [2.75, 3.05) is 5.32 Å². The van der Waals surface area contributed by atoms with Crippen molar-refractivity contribution in [2.24, 2.45) is 0 Å². The minimum atomic E-state index is -0.674. The fourth-order valence-corrected chi connectivity index (χ4v) is 2.28. The lowest BCUT2D eigenvalue weighted by molar-refractivity contribution is 0.589. The average molecular weight is 306 g/mol. The molecule has 0 aliphatic carbocycles. The molecule has 0 aromatic heterocycles. The summed E-state index contributed by atoms with van der Waals surface area (Å²) in [7, 11) is 0. The number of anilines is 1. The van der Waals surface area contributed by atoms with E-state index < -0.39 is 11.6 Å². The van der Waals surface area contributed by atoms with E-state index in [-0.39, 0.29) is 16.8 Å². The molecular formula is C16H16F2N2S. The van der Waals surface area contributed by atoms with Gasteiger partial charge in [-0.1, -0.05) is 43.3 Å². The number of hydrogen-bond acceptors (Lipinski definition) is 1. The lowest BCUT2D eigenvalue weighted by atomic mass is 10.1. The third kappa shape index (κ3) is 3.98. The number of para-hydroxylation sites is 1. The third-order valence-electron chi connectivity index (χ3n) is 3.12. The van der Waals surface area contributed by atoms with Gasteiger partial charge in [0.05, 0.1) is 6.04 Å². The van der Waals surface area contributed by atoms with E-state index in [4.69, 9.17) is 12.2 Å². The molecule has 5 heteroatoms. The lowest BCUT2D eigenvalue weighted by Crippen LogP contribution is -2.32. The van der Waals surface area contributed by atoms with Crippen molar-refractivity contribution in [1.29, 1.82) is 0 Å². The van der Waals surface area contributed by atoms with Crippen molar-refractivity contribution < 1.29 is 8.78 Å². The summed E-state index contributed by atoms with van der Waals surface area (Å²) in [5, 5.41) is 5.85. The zero-order chi connectivity index (χ0) is 15.2. The monoisotopic (exact) mass is 306 g/mol. The molecule has 0 saturated carbocycles. The molecular weight excluding hydrogens is 290 g/mol. The maximum absolute atomic E-state index is 13.6. The molecule has 110 valence electrons. The first-order chi connectivity index (χ1) is 10.1. The first kappa shape index (κ1) is 15.4. The van der Waals surface area contributed by atoms with Gasteiger partial charge in [0.15, 0.2) is 5.11 Å². The highest BCUT2D eigenvalue weighted by Gasteiger charge is 2.13. The summed E-state index contributed by atoms with van der Waals surface area (Å²) in [6.07, 6.45) is 0.797. The van der Waals surface area contributed by atoms with Crippen molar-refractivity contribution in [2.45, 2.75) is 19.4 Å². The van der Waals surface area contributed by atoms with Crippen molar-refractivity contribution in [3.63, 3.8) is 0 Å². The van der Waals surface area contributed by atoms with Crippen LogP contribution >= 0.6 is 12.2 Å². The van der Waals surface area contributed by atoms with Crippen LogP contribution in [0.5, 0.6) is 0 Å². The molecule has 0 spiro atoms. The molecule has 0 heterocycles. The molecule has 0 fully saturated rings. The predicted molar refractivity (Wildman–Crippen MR) is 85.2 cm³/mol. The van der Waals surface area contributed by atoms with Crippen molar-refractivity contribution in [3.8, 4) is 0 Å². The van der Waals surface area contributed by atoms with Crippen LogP contribution in [0.1, 0.15) is 24.9 Å². The second-order valence-corrected chi connectivity index (χ2v) is 4.97. The van der Waals surface area contributed by atoms with Crippen LogP contribution in [-0.2, 0) is 0 Å². The Morgan fingerprint density at radius 2 is 1.67 bits per heavy atom. The number of thiocarbonyl (C=S) groups is 1. The maximum Gasteiger partial charge on any atom is 0.171 e. The summed E-state index contributed by atoms with van der Waals surface area (Å²) in [4.78, 5) is 0. The van der Waals surface area contributed by atoms with E-state index in [1.165, 1.54) is 18.2 Å². The van der Waals surface area contributed by atoms with Crippen LogP contribution in [0.4, 0.5) is 14.5 Å². The Morgan fingerprint density at radius 1 is 1.05 bits per heavy atom. The van der Waals surface area contributed by atoms with E-state index in [1.54, 1.807) is 0 Å². The largest absolute Gasteiger partial charge is 0.356 e. The van der Waals surface area contributed by atoms with Crippen molar-refractivity contribution in [3.05, 3.63) is 65.7 Å². The molecule has 21 heavy (non-hydrogen) atoms. The van der Waals surface area contributed by atoms with Gasteiger partial charge in [-0.05, 0) is 36.3 Å². The fourth-order valence-electron chi connectivity index (χ4n) is 2.03. The van der Waals surface area contributed by atoms with Gasteiger partial charge >= 0.3 is 0 Å². The van der Waals surface area contributed by atoms with Crippen molar-refractivity contribution >= 4 is 23.0 Å². The van der Waals surface area contributed by atoms with Crippen LogP contribution in [0.2, 0.25) is 0 Å². The Morgan fingerprint density at radius 3 is 2.24 bits per heavy atom. The van der Waals surface area contributed by atoms with Crippen LogP contribution in [-0.4, -0.2) is 5.11 Å². The molecule has 2 nitrogen and oxygen atoms in total. The molecule has 0 aliphatic rings. The molecule has 2 rings (SSSR count). The molecule has 1 atom stereocenters. The van der Waals surface area contributed by atoms with Gasteiger partial charge in [0.2, 0.25) is 0 Å². The molecule has 2 aromatic rings. The molecule has 2 aromatic carbocycles. The van der Waals surface area contributed by atoms with Crippen LogP contribution in [0, 0.1) is 11.6 Å². The second kappa shape index (κ2) is 7.13. The summed E-state index contributed by atoms with van der Waals surface area (Å²) >= 11 is 5.14. The minimum absolute atomic E-state index is 0.0129. The van der Waals surface area contributed by atoms with E-state index in [2.05, 4.69) is 10.6 Å². The smallest absolute Gasteiger partial charge is 0.171 e. The quantitative estimate of drug-likeness (QED) is 0.819. The summed E-state index contributed by atoms with van der Waals surface area (Å²) in [5.41, 5.74) is 0.830. The van der Waals surface area contributed by atoms with Gasteiger partial charge in [0.25, 0.3) is 0 Å². The normalized spacial score (nSPS) is 11.8. The van der Waals surface area contributed by atoms with Gasteiger partial charge in [-0.15, -0.1) is 0 Å². The topological polar surface area (TPSA) is 24.1 Å². The minimum Gasteiger partial charge on any atom is -0.356 e. The zero-order valence-corrected chi connectivity index (χ0v) is 12.4. The molecule has 2 N–H and O–H groups in total. The van der Waals surface area contributed by atoms with Crippen LogP contribution in [0.25, 0.3) is 0 Å². The van der Waals surface area contributed by atoms with Crippen molar-refractivity contribution in [1.82, 2.24) is 5.32 Å². The first-order valence-electron chi connectivity index (χ1n) is 6.68. The number of benzene rings is 2. The Labute approximate surface area is 128 Å². The Balaban J connectivity index is 2.07. The molecule has 0 unspecified atom stereocenters. The average Bonchev–Trinajstić information content (AvgIpc) is 2.49. The SMILES string of the molecule is CC[C@H](NC(=S)Nc1c(F)cccc1F)c1ccccc1. The summed E-state index contributed by atoms with van der Waals surface area (Å²) in [6, 6.07) is 13.4. The molecule has 0 aliphatic heterocycles. The summed E-state index contributed by atoms with van der Waals surface area (Å²) < 4.78 is 27.1. The van der Waals surface area contributed by atoms with Crippen LogP contribution in [0.3, 0.4) is 0 Å². The van der Waals surface area contributed by atoms with E-state index in [0.717, 1.165) is 12.0 Å². The Bertz CT molecular complexity index is 597. The Hall–Kier alpha value is -2.01. The van der Waals surface area contributed by atoms with E-state index in [0.29, 0.717) is 0 Å². The van der Waals surface area contributed by atoms with Gasteiger partial charge in [-0.2, -0.15) is 0 Å². The van der Waals surface area contributed by atoms with Gasteiger partial charge in [0.1, 0.15) is 17.3 Å². The number of hydrogen-bond donors (Lipinski definition) is 2. The number of nitrogens with one attached hydrogen (secondary N) is 2. The van der Waals surface area contributed by atoms with Crippen LogP contribution in [0.15, 0.2) is 48.5 Å². The number of halogens is 2. The molecule has 0 radical (unpaired) electrons. The molecule has 0 saturated heterocycles. The standard InChI is InChI=1S/C16H16F2N2S/c1-2-14(11-7-4-3-5-8-11)19-16(21)20-15-12(17)9-6-10-13(15)18/h3-10,14H,2H2,1H3,(H2,19,20,21)/t14-/m0/s1. The van der Waals surface area contributed by atoms with E-state index in [1.807, 2.05) is 37.3 Å². The van der Waals surface area contributed by atoms with Gasteiger partial charge in [-0.3, -0.25) is 0 Å². The highest BCUT2D eigenvalue weighted by atomic mass is 32.1. The lowest BCUT2D eigenvalue weighted by Gasteiger charge is -2.20. The highest BCUT2D eigenvalue weighted by Crippen LogP contribution is 2.19. The van der Waals surface area contributed by atoms with Crippen LogP contribution < -0.4 is 10.6 Å². The second-order valence-electron chi connectivity index (χ2n) is 4.57. The van der Waals surface area contributed by atoms with Gasteiger partial charge in [-0.25, -0.2) is 8.78 Å². The zero-order valence-electron chi connectivity index (χ0n) is 11.6. The molecule has 0 bridgehead atoms.